The molecule has 0 unspecified atom stereocenters. The summed E-state index contributed by atoms with van der Waals surface area (Å²) < 4.78 is 10.4. The van der Waals surface area contributed by atoms with Crippen LogP contribution in [0.5, 0.6) is 0 Å². The maximum atomic E-state index is 11.3. The first-order valence-electron chi connectivity index (χ1n) is 5.66. The van der Waals surface area contributed by atoms with Gasteiger partial charge >= 0.3 is 5.97 Å². The van der Waals surface area contributed by atoms with Gasteiger partial charge in [0, 0.05) is 0 Å². The van der Waals surface area contributed by atoms with Gasteiger partial charge in [-0.1, -0.05) is 30.3 Å². The number of rotatable bonds is 5. The number of esters is 1. The van der Waals surface area contributed by atoms with Gasteiger partial charge < -0.3 is 9.47 Å². The molecule has 0 bridgehead atoms. The summed E-state index contributed by atoms with van der Waals surface area (Å²) in [4.78, 5) is 11.3. The van der Waals surface area contributed by atoms with Gasteiger partial charge in [0.2, 0.25) is 0 Å². The second kappa shape index (κ2) is 5.66. The molecule has 2 rings (SSSR count). The smallest absolute Gasteiger partial charge is 0.332 e. The highest BCUT2D eigenvalue weighted by atomic mass is 16.6. The Balaban J connectivity index is 1.63. The lowest BCUT2D eigenvalue weighted by Gasteiger charge is -2.24. The van der Waals surface area contributed by atoms with E-state index >= 15 is 0 Å². The van der Waals surface area contributed by atoms with Crippen LogP contribution in [0.4, 0.5) is 0 Å². The second-order valence-corrected chi connectivity index (χ2v) is 4.01. The minimum Gasteiger partial charge on any atom is -0.459 e. The molecule has 1 fully saturated rings. The molecule has 0 saturated heterocycles. The van der Waals surface area contributed by atoms with Crippen LogP contribution < -0.4 is 0 Å². The standard InChI is InChI=1S/C13H16O3/c14-13(10-15-12-7-4-8-12)16-9-11-5-2-1-3-6-11/h1-3,5-6,12H,4,7-10H2. The first kappa shape index (κ1) is 11.1. The third kappa shape index (κ3) is 3.35. The normalized spacial score (nSPS) is 15.5. The quantitative estimate of drug-likeness (QED) is 0.714. The van der Waals surface area contributed by atoms with Gasteiger partial charge in [0.15, 0.2) is 0 Å². The SMILES string of the molecule is O=C(COC1CCC1)OCc1ccccc1. The lowest BCUT2D eigenvalue weighted by atomic mass is 9.96. The van der Waals surface area contributed by atoms with Gasteiger partial charge in [0.1, 0.15) is 13.2 Å². The molecule has 0 heterocycles. The summed E-state index contributed by atoms with van der Waals surface area (Å²) in [6.07, 6.45) is 3.64. The highest BCUT2D eigenvalue weighted by molar-refractivity contribution is 5.70. The fourth-order valence-electron chi connectivity index (χ4n) is 1.50. The molecule has 3 nitrogen and oxygen atoms in total. The summed E-state index contributed by atoms with van der Waals surface area (Å²) in [5.74, 6) is -0.282. The third-order valence-corrected chi connectivity index (χ3v) is 2.73. The van der Waals surface area contributed by atoms with E-state index in [4.69, 9.17) is 9.47 Å². The van der Waals surface area contributed by atoms with Crippen molar-refractivity contribution in [3.8, 4) is 0 Å². The maximum absolute atomic E-state index is 11.3. The number of benzene rings is 1. The van der Waals surface area contributed by atoms with Crippen molar-refractivity contribution >= 4 is 5.97 Å². The number of ether oxygens (including phenoxy) is 2. The van der Waals surface area contributed by atoms with Gasteiger partial charge in [-0.25, -0.2) is 4.79 Å². The van der Waals surface area contributed by atoms with Gasteiger partial charge in [-0.3, -0.25) is 0 Å². The largest absolute Gasteiger partial charge is 0.459 e. The van der Waals surface area contributed by atoms with E-state index in [1.54, 1.807) is 0 Å². The molecule has 0 N–H and O–H groups in total. The van der Waals surface area contributed by atoms with E-state index in [1.807, 2.05) is 30.3 Å². The number of hydrogen-bond donors (Lipinski definition) is 0. The molecule has 1 aromatic carbocycles. The maximum Gasteiger partial charge on any atom is 0.332 e. The van der Waals surface area contributed by atoms with Crippen LogP contribution in [-0.4, -0.2) is 18.7 Å². The summed E-state index contributed by atoms with van der Waals surface area (Å²) in [6.45, 7) is 0.408. The van der Waals surface area contributed by atoms with Crippen LogP contribution in [0.15, 0.2) is 30.3 Å². The fourth-order valence-corrected chi connectivity index (χ4v) is 1.50. The third-order valence-electron chi connectivity index (χ3n) is 2.73. The molecule has 86 valence electrons. The highest BCUT2D eigenvalue weighted by Crippen LogP contribution is 2.21. The average Bonchev–Trinajstić information content (AvgIpc) is 2.26. The Morgan fingerprint density at radius 2 is 2.00 bits per heavy atom. The zero-order valence-electron chi connectivity index (χ0n) is 9.22. The summed E-state index contributed by atoms with van der Waals surface area (Å²) in [6, 6.07) is 9.65. The number of carbonyl (C=O) groups is 1. The predicted molar refractivity (Wildman–Crippen MR) is 59.8 cm³/mol. The Labute approximate surface area is 95.4 Å². The summed E-state index contributed by atoms with van der Waals surface area (Å²) >= 11 is 0. The molecular weight excluding hydrogens is 204 g/mol. The molecule has 0 radical (unpaired) electrons. The molecule has 1 saturated carbocycles. The van der Waals surface area contributed by atoms with E-state index < -0.39 is 0 Å². The molecule has 0 amide bonds. The minimum atomic E-state index is -0.282. The predicted octanol–water partition coefficient (Wildman–Crippen LogP) is 2.30. The Hall–Kier alpha value is -1.35. The van der Waals surface area contributed by atoms with E-state index in [-0.39, 0.29) is 18.7 Å². The lowest BCUT2D eigenvalue weighted by Crippen LogP contribution is -2.25. The number of hydrogen-bond acceptors (Lipinski definition) is 3. The van der Waals surface area contributed by atoms with Gasteiger partial charge in [0.05, 0.1) is 6.10 Å². The molecule has 3 heteroatoms. The van der Waals surface area contributed by atoms with Crippen molar-refractivity contribution < 1.29 is 14.3 Å². The van der Waals surface area contributed by atoms with Crippen LogP contribution in [0.1, 0.15) is 24.8 Å². The average molecular weight is 220 g/mol. The summed E-state index contributed by atoms with van der Waals surface area (Å²) in [5.41, 5.74) is 1.000. The Kier molecular flexibility index (Phi) is 3.94. The van der Waals surface area contributed by atoms with Crippen LogP contribution in [-0.2, 0) is 20.9 Å². The molecule has 16 heavy (non-hydrogen) atoms. The molecule has 0 spiro atoms. The van der Waals surface area contributed by atoms with Crippen molar-refractivity contribution in [1.82, 2.24) is 0 Å². The second-order valence-electron chi connectivity index (χ2n) is 4.01. The molecule has 0 aromatic heterocycles. The first-order valence-corrected chi connectivity index (χ1v) is 5.66. The molecule has 1 aromatic rings. The first-order chi connectivity index (χ1) is 7.84. The van der Waals surface area contributed by atoms with Crippen LogP contribution in [0.3, 0.4) is 0 Å². The van der Waals surface area contributed by atoms with Gasteiger partial charge in [-0.2, -0.15) is 0 Å². The molecule has 1 aliphatic carbocycles. The Bertz CT molecular complexity index is 330. The van der Waals surface area contributed by atoms with Crippen molar-refractivity contribution in [2.75, 3.05) is 6.61 Å². The van der Waals surface area contributed by atoms with Crippen molar-refractivity contribution in [2.24, 2.45) is 0 Å². The summed E-state index contributed by atoms with van der Waals surface area (Å²) in [7, 11) is 0. The molecule has 1 aliphatic rings. The van der Waals surface area contributed by atoms with Crippen LogP contribution in [0, 0.1) is 0 Å². The van der Waals surface area contributed by atoms with Gasteiger partial charge in [-0.15, -0.1) is 0 Å². The van der Waals surface area contributed by atoms with E-state index in [0.717, 1.165) is 18.4 Å². The number of carbonyl (C=O) groups excluding carboxylic acids is 1. The van der Waals surface area contributed by atoms with Crippen LogP contribution >= 0.6 is 0 Å². The van der Waals surface area contributed by atoms with Crippen LogP contribution in [0.25, 0.3) is 0 Å². The van der Waals surface area contributed by atoms with E-state index in [0.29, 0.717) is 6.61 Å². The van der Waals surface area contributed by atoms with Crippen LogP contribution in [0.2, 0.25) is 0 Å². The zero-order chi connectivity index (χ0) is 11.2. The van der Waals surface area contributed by atoms with Gasteiger partial charge in [-0.05, 0) is 24.8 Å². The Morgan fingerprint density at radius 1 is 1.25 bits per heavy atom. The summed E-state index contributed by atoms with van der Waals surface area (Å²) in [5, 5.41) is 0. The van der Waals surface area contributed by atoms with Crippen molar-refractivity contribution in [1.29, 1.82) is 0 Å². The molecular formula is C13H16O3. The lowest BCUT2D eigenvalue weighted by molar-refractivity contribution is -0.154. The topological polar surface area (TPSA) is 35.5 Å². The van der Waals surface area contributed by atoms with Gasteiger partial charge in [0.25, 0.3) is 0 Å². The Morgan fingerprint density at radius 3 is 2.62 bits per heavy atom. The van der Waals surface area contributed by atoms with Crippen molar-refractivity contribution in [3.63, 3.8) is 0 Å². The van der Waals surface area contributed by atoms with Crippen molar-refractivity contribution in [2.45, 2.75) is 32.0 Å². The fraction of sp³-hybridized carbons (Fsp3) is 0.462. The monoisotopic (exact) mass is 220 g/mol. The molecule has 0 atom stereocenters. The van der Waals surface area contributed by atoms with E-state index in [9.17, 15) is 4.79 Å². The minimum absolute atomic E-state index is 0.0809. The van der Waals surface area contributed by atoms with E-state index in [1.165, 1.54) is 6.42 Å². The van der Waals surface area contributed by atoms with E-state index in [2.05, 4.69) is 0 Å². The highest BCUT2D eigenvalue weighted by Gasteiger charge is 2.19. The zero-order valence-corrected chi connectivity index (χ0v) is 9.22. The van der Waals surface area contributed by atoms with Crippen molar-refractivity contribution in [3.05, 3.63) is 35.9 Å². The molecule has 0 aliphatic heterocycles.